The molecule has 5 heteroatoms. The molecule has 0 aliphatic heterocycles. The normalized spacial score (nSPS) is 18.9. The van der Waals surface area contributed by atoms with Gasteiger partial charge < -0.3 is 10.4 Å². The summed E-state index contributed by atoms with van der Waals surface area (Å²) in [5, 5.41) is 13.8. The Balaban J connectivity index is 1.99. The molecule has 1 amide bonds. The van der Waals surface area contributed by atoms with Crippen molar-refractivity contribution in [3.8, 4) is 0 Å². The number of aliphatic carboxylic acids is 1. The highest BCUT2D eigenvalue weighted by Gasteiger charge is 2.24. The smallest absolute Gasteiger partial charge is 0.308 e. The molecule has 0 radical (unpaired) electrons. The number of nitrogens with one attached hydrogen (secondary N) is 1. The van der Waals surface area contributed by atoms with E-state index in [1.807, 2.05) is 12.3 Å². The molecule has 2 rings (SSSR count). The Bertz CT molecular complexity index is 524. The Kier molecular flexibility index (Phi) is 5.39. The maximum atomic E-state index is 12.3. The lowest BCUT2D eigenvalue weighted by molar-refractivity contribution is -0.141. The number of fused-ring (bicyclic) bond motifs is 1. The van der Waals surface area contributed by atoms with Crippen molar-refractivity contribution in [3.05, 3.63) is 21.4 Å². The summed E-state index contributed by atoms with van der Waals surface area (Å²) in [5.74, 6) is -0.760. The van der Waals surface area contributed by atoms with Crippen LogP contribution in [0.25, 0.3) is 0 Å². The second-order valence-corrected chi connectivity index (χ2v) is 6.90. The number of hydrogen-bond acceptors (Lipinski definition) is 3. The number of rotatable bonds is 6. The highest BCUT2D eigenvalue weighted by atomic mass is 32.1. The first-order valence-electron chi connectivity index (χ1n) is 7.63. The molecule has 2 atom stereocenters. The molecule has 0 aromatic carbocycles. The quantitative estimate of drug-likeness (QED) is 0.848. The Labute approximate surface area is 129 Å². The van der Waals surface area contributed by atoms with Crippen LogP contribution < -0.4 is 5.32 Å². The predicted octanol–water partition coefficient (Wildman–Crippen LogP) is 3.10. The largest absolute Gasteiger partial charge is 0.481 e. The van der Waals surface area contributed by atoms with E-state index >= 15 is 0 Å². The molecule has 0 saturated heterocycles. The van der Waals surface area contributed by atoms with E-state index in [0.717, 1.165) is 31.2 Å². The molecule has 0 fully saturated rings. The fourth-order valence-electron chi connectivity index (χ4n) is 2.84. The minimum atomic E-state index is -0.835. The third-order valence-corrected chi connectivity index (χ3v) is 5.19. The van der Waals surface area contributed by atoms with Crippen LogP contribution in [-0.2, 0) is 17.6 Å². The van der Waals surface area contributed by atoms with Crippen molar-refractivity contribution in [3.63, 3.8) is 0 Å². The lowest BCUT2D eigenvalue weighted by Gasteiger charge is -2.19. The lowest BCUT2D eigenvalue weighted by atomic mass is 9.88. The zero-order valence-electron chi connectivity index (χ0n) is 12.6. The number of carbonyl (C=O) groups is 2. The van der Waals surface area contributed by atoms with Crippen LogP contribution in [0.4, 0.5) is 0 Å². The van der Waals surface area contributed by atoms with Crippen molar-refractivity contribution in [2.45, 2.75) is 46.0 Å². The standard InChI is InChI=1S/C16H23NO3S/c1-3-4-11(16(19)20)8-17-15(18)13-9-21-14-7-10(2)5-6-12(13)14/h9-11H,3-8H2,1-2H3,(H,17,18)(H,19,20). The number of thiophene rings is 1. The third kappa shape index (κ3) is 3.84. The van der Waals surface area contributed by atoms with E-state index in [1.54, 1.807) is 11.3 Å². The van der Waals surface area contributed by atoms with Crippen LogP contribution in [0.2, 0.25) is 0 Å². The highest BCUT2D eigenvalue weighted by molar-refractivity contribution is 7.10. The molecule has 0 saturated carbocycles. The highest BCUT2D eigenvalue weighted by Crippen LogP contribution is 2.32. The van der Waals surface area contributed by atoms with E-state index in [1.165, 1.54) is 10.4 Å². The summed E-state index contributed by atoms with van der Waals surface area (Å²) in [4.78, 5) is 24.7. The van der Waals surface area contributed by atoms with Crippen molar-refractivity contribution in [1.82, 2.24) is 5.32 Å². The molecule has 0 bridgehead atoms. The van der Waals surface area contributed by atoms with Gasteiger partial charge >= 0.3 is 5.97 Å². The number of carboxylic acid groups (broad SMARTS) is 1. The van der Waals surface area contributed by atoms with Crippen LogP contribution in [0.15, 0.2) is 5.38 Å². The van der Waals surface area contributed by atoms with Crippen LogP contribution in [0.1, 0.15) is 53.9 Å². The second-order valence-electron chi connectivity index (χ2n) is 5.93. The molecule has 4 nitrogen and oxygen atoms in total. The number of carbonyl (C=O) groups excluding carboxylic acids is 1. The molecule has 0 spiro atoms. The van der Waals surface area contributed by atoms with Gasteiger partial charge in [0.1, 0.15) is 0 Å². The Hall–Kier alpha value is -1.36. The molecule has 116 valence electrons. The van der Waals surface area contributed by atoms with Crippen molar-refractivity contribution in [1.29, 1.82) is 0 Å². The van der Waals surface area contributed by atoms with Crippen molar-refractivity contribution < 1.29 is 14.7 Å². The zero-order chi connectivity index (χ0) is 15.4. The van der Waals surface area contributed by atoms with Crippen molar-refractivity contribution in [2.24, 2.45) is 11.8 Å². The van der Waals surface area contributed by atoms with Gasteiger partial charge in [0.25, 0.3) is 5.91 Å². The predicted molar refractivity (Wildman–Crippen MR) is 83.9 cm³/mol. The van der Waals surface area contributed by atoms with E-state index in [2.05, 4.69) is 12.2 Å². The Morgan fingerprint density at radius 2 is 2.29 bits per heavy atom. The lowest BCUT2D eigenvalue weighted by Crippen LogP contribution is -2.33. The van der Waals surface area contributed by atoms with Crippen LogP contribution in [0.5, 0.6) is 0 Å². The molecular weight excluding hydrogens is 286 g/mol. The van der Waals surface area contributed by atoms with Crippen LogP contribution in [-0.4, -0.2) is 23.5 Å². The summed E-state index contributed by atoms with van der Waals surface area (Å²) in [6, 6.07) is 0. The average Bonchev–Trinajstić information content (AvgIpc) is 2.85. The summed E-state index contributed by atoms with van der Waals surface area (Å²) < 4.78 is 0. The number of carboxylic acids is 1. The van der Waals surface area contributed by atoms with Gasteiger partial charge in [0.05, 0.1) is 11.5 Å². The van der Waals surface area contributed by atoms with Gasteiger partial charge in [0.2, 0.25) is 0 Å². The van der Waals surface area contributed by atoms with Crippen LogP contribution >= 0.6 is 11.3 Å². The molecule has 1 heterocycles. The zero-order valence-corrected chi connectivity index (χ0v) is 13.5. The molecule has 2 N–H and O–H groups in total. The van der Waals surface area contributed by atoms with E-state index in [-0.39, 0.29) is 12.5 Å². The SMILES string of the molecule is CCCC(CNC(=O)c1csc2c1CCC(C)C2)C(=O)O. The monoisotopic (exact) mass is 309 g/mol. The molecule has 1 aliphatic rings. The van der Waals surface area contributed by atoms with Gasteiger partial charge in [-0.3, -0.25) is 9.59 Å². The summed E-state index contributed by atoms with van der Waals surface area (Å²) in [6.07, 6.45) is 4.53. The Morgan fingerprint density at radius 3 is 2.95 bits per heavy atom. The first-order chi connectivity index (χ1) is 10.0. The third-order valence-electron chi connectivity index (χ3n) is 4.14. The molecule has 1 aromatic rings. The summed E-state index contributed by atoms with van der Waals surface area (Å²) >= 11 is 1.66. The fourth-order valence-corrected chi connectivity index (χ4v) is 4.08. The maximum Gasteiger partial charge on any atom is 0.308 e. The van der Waals surface area contributed by atoms with Gasteiger partial charge in [-0.15, -0.1) is 11.3 Å². The average molecular weight is 309 g/mol. The minimum Gasteiger partial charge on any atom is -0.481 e. The molecule has 1 aromatic heterocycles. The topological polar surface area (TPSA) is 66.4 Å². The van der Waals surface area contributed by atoms with Gasteiger partial charge in [-0.2, -0.15) is 0 Å². The van der Waals surface area contributed by atoms with E-state index in [4.69, 9.17) is 5.11 Å². The van der Waals surface area contributed by atoms with Crippen molar-refractivity contribution in [2.75, 3.05) is 6.54 Å². The van der Waals surface area contributed by atoms with Gasteiger partial charge in [-0.25, -0.2) is 0 Å². The molecule has 21 heavy (non-hydrogen) atoms. The first-order valence-corrected chi connectivity index (χ1v) is 8.51. The Morgan fingerprint density at radius 1 is 1.52 bits per heavy atom. The van der Waals surface area contributed by atoms with Gasteiger partial charge in [0, 0.05) is 16.8 Å². The van der Waals surface area contributed by atoms with E-state index in [0.29, 0.717) is 12.3 Å². The van der Waals surface area contributed by atoms with E-state index < -0.39 is 11.9 Å². The summed E-state index contributed by atoms with van der Waals surface area (Å²) in [5.41, 5.74) is 1.93. The fraction of sp³-hybridized carbons (Fsp3) is 0.625. The molecular formula is C16H23NO3S. The second kappa shape index (κ2) is 7.07. The van der Waals surface area contributed by atoms with Crippen molar-refractivity contribution >= 4 is 23.2 Å². The first kappa shape index (κ1) is 16.0. The minimum absolute atomic E-state index is 0.121. The molecule has 1 aliphatic carbocycles. The van der Waals surface area contributed by atoms with Gasteiger partial charge in [-0.1, -0.05) is 20.3 Å². The van der Waals surface area contributed by atoms with Crippen LogP contribution in [0.3, 0.4) is 0 Å². The number of amides is 1. The number of hydrogen-bond donors (Lipinski definition) is 2. The van der Waals surface area contributed by atoms with Gasteiger partial charge in [0.15, 0.2) is 0 Å². The van der Waals surface area contributed by atoms with Gasteiger partial charge in [-0.05, 0) is 37.2 Å². The molecule has 2 unspecified atom stereocenters. The summed E-state index contributed by atoms with van der Waals surface area (Å²) in [7, 11) is 0. The van der Waals surface area contributed by atoms with E-state index in [9.17, 15) is 9.59 Å². The summed E-state index contributed by atoms with van der Waals surface area (Å²) in [6.45, 7) is 4.40. The van der Waals surface area contributed by atoms with Crippen LogP contribution in [0, 0.1) is 11.8 Å². The maximum absolute atomic E-state index is 12.3.